The maximum Gasteiger partial charge on any atom is 0.251 e. The zero-order valence-electron chi connectivity index (χ0n) is 10.5. The van der Waals surface area contributed by atoms with Crippen LogP contribution >= 0.6 is 23.2 Å². The summed E-state index contributed by atoms with van der Waals surface area (Å²) in [4.78, 5) is 12.0. The topological polar surface area (TPSA) is 29.1 Å². The second-order valence-corrected chi connectivity index (χ2v) is 5.82. The predicted octanol–water partition coefficient (Wildman–Crippen LogP) is 3.78. The van der Waals surface area contributed by atoms with Gasteiger partial charge in [0.1, 0.15) is 0 Å². The van der Waals surface area contributed by atoms with Gasteiger partial charge in [-0.1, -0.05) is 11.6 Å². The van der Waals surface area contributed by atoms with Crippen molar-refractivity contribution in [2.75, 3.05) is 0 Å². The van der Waals surface area contributed by atoms with Crippen LogP contribution in [0.3, 0.4) is 0 Å². The Labute approximate surface area is 112 Å². The number of carbonyl (C=O) groups is 1. The molecule has 0 saturated heterocycles. The normalized spacial score (nSPS) is 13.3. The van der Waals surface area contributed by atoms with Crippen molar-refractivity contribution in [3.05, 3.63) is 34.3 Å². The van der Waals surface area contributed by atoms with E-state index < -0.39 is 5.54 Å². The van der Waals surface area contributed by atoms with E-state index in [9.17, 15) is 4.79 Å². The molecule has 17 heavy (non-hydrogen) atoms. The first-order valence-corrected chi connectivity index (χ1v) is 6.28. The van der Waals surface area contributed by atoms with E-state index in [4.69, 9.17) is 23.2 Å². The molecule has 4 heteroatoms. The average molecular weight is 274 g/mol. The molecule has 0 heterocycles. The van der Waals surface area contributed by atoms with E-state index in [-0.39, 0.29) is 11.3 Å². The van der Waals surface area contributed by atoms with E-state index in [1.807, 2.05) is 27.7 Å². The second kappa shape index (κ2) is 5.28. The van der Waals surface area contributed by atoms with Gasteiger partial charge in [-0.2, -0.15) is 0 Å². The van der Waals surface area contributed by atoms with Crippen molar-refractivity contribution in [2.45, 2.75) is 38.6 Å². The number of amides is 1. The summed E-state index contributed by atoms with van der Waals surface area (Å²) < 4.78 is 0. The summed E-state index contributed by atoms with van der Waals surface area (Å²) in [5.74, 6) is -0.137. The number of alkyl halides is 1. The monoisotopic (exact) mass is 273 g/mol. The lowest BCUT2D eigenvalue weighted by molar-refractivity contribution is 0.0912. The highest BCUT2D eigenvalue weighted by molar-refractivity contribution is 6.31. The lowest BCUT2D eigenvalue weighted by Gasteiger charge is -2.29. The van der Waals surface area contributed by atoms with Crippen LogP contribution in [0.2, 0.25) is 5.02 Å². The van der Waals surface area contributed by atoms with E-state index in [0.29, 0.717) is 10.6 Å². The van der Waals surface area contributed by atoms with E-state index in [0.717, 1.165) is 5.56 Å². The van der Waals surface area contributed by atoms with E-state index in [1.165, 1.54) is 0 Å². The molecule has 1 aromatic carbocycles. The third kappa shape index (κ3) is 3.62. The van der Waals surface area contributed by atoms with Gasteiger partial charge in [0, 0.05) is 10.6 Å². The molecule has 1 aromatic rings. The number of hydrogen-bond acceptors (Lipinski definition) is 1. The average Bonchev–Trinajstić information content (AvgIpc) is 2.21. The zero-order valence-corrected chi connectivity index (χ0v) is 12.0. The summed E-state index contributed by atoms with van der Waals surface area (Å²) in [7, 11) is 0. The molecule has 1 rings (SSSR count). The second-order valence-electron chi connectivity index (χ2n) is 4.76. The molecule has 0 aliphatic rings. The number of rotatable bonds is 3. The fourth-order valence-corrected chi connectivity index (χ4v) is 1.42. The van der Waals surface area contributed by atoms with Gasteiger partial charge < -0.3 is 5.32 Å². The van der Waals surface area contributed by atoms with Crippen LogP contribution < -0.4 is 5.32 Å². The fraction of sp³-hybridized carbons (Fsp3) is 0.462. The molecule has 0 saturated carbocycles. The highest BCUT2D eigenvalue weighted by atomic mass is 35.5. The Morgan fingerprint density at radius 1 is 1.41 bits per heavy atom. The van der Waals surface area contributed by atoms with Crippen LogP contribution in [-0.4, -0.2) is 16.8 Å². The van der Waals surface area contributed by atoms with Gasteiger partial charge in [-0.15, -0.1) is 11.6 Å². The number of carbonyl (C=O) groups excluding carboxylic acids is 1. The molecule has 0 aliphatic carbocycles. The van der Waals surface area contributed by atoms with Gasteiger partial charge in [-0.3, -0.25) is 4.79 Å². The molecule has 1 amide bonds. The van der Waals surface area contributed by atoms with E-state index in [2.05, 4.69) is 5.32 Å². The molecule has 1 N–H and O–H groups in total. The van der Waals surface area contributed by atoms with Crippen LogP contribution in [0.25, 0.3) is 0 Å². The maximum absolute atomic E-state index is 12.0. The molecule has 0 aromatic heterocycles. The molecular formula is C13H17Cl2NO. The number of hydrogen-bond donors (Lipinski definition) is 1. The number of aryl methyl sites for hydroxylation is 1. The molecule has 2 nitrogen and oxygen atoms in total. The smallest absolute Gasteiger partial charge is 0.251 e. The third-order valence-corrected chi connectivity index (χ3v) is 3.82. The largest absolute Gasteiger partial charge is 0.346 e. The summed E-state index contributed by atoms with van der Waals surface area (Å²) in [6, 6.07) is 5.20. The third-order valence-electron chi connectivity index (χ3n) is 2.85. The highest BCUT2D eigenvalue weighted by Gasteiger charge is 2.26. The first-order chi connectivity index (χ1) is 7.74. The minimum atomic E-state index is -0.452. The SMILES string of the molecule is Cc1cc(C(=O)NC(C)(C)C(C)Cl)ccc1Cl. The number of halogens is 2. The van der Waals surface area contributed by atoms with Gasteiger partial charge >= 0.3 is 0 Å². The molecule has 94 valence electrons. The molecule has 0 bridgehead atoms. The standard InChI is InChI=1S/C13H17Cl2NO/c1-8-7-10(5-6-11(8)15)12(17)16-13(3,4)9(2)14/h5-7,9H,1-4H3,(H,16,17). The van der Waals surface area contributed by atoms with Crippen LogP contribution in [0, 0.1) is 6.92 Å². The van der Waals surface area contributed by atoms with Crippen LogP contribution in [-0.2, 0) is 0 Å². The molecular weight excluding hydrogens is 257 g/mol. The summed E-state index contributed by atoms with van der Waals surface area (Å²) in [6.45, 7) is 7.51. The van der Waals surface area contributed by atoms with Gasteiger partial charge in [0.05, 0.1) is 10.9 Å². The molecule has 0 radical (unpaired) electrons. The molecule has 0 spiro atoms. The first-order valence-electron chi connectivity index (χ1n) is 5.47. The van der Waals surface area contributed by atoms with Crippen molar-refractivity contribution in [3.8, 4) is 0 Å². The molecule has 0 aliphatic heterocycles. The summed E-state index contributed by atoms with van der Waals surface area (Å²) in [5, 5.41) is 3.41. The lowest BCUT2D eigenvalue weighted by atomic mass is 10.0. The first kappa shape index (κ1) is 14.3. The molecule has 0 fully saturated rings. The Morgan fingerprint density at radius 3 is 2.47 bits per heavy atom. The quantitative estimate of drug-likeness (QED) is 0.835. The van der Waals surface area contributed by atoms with Crippen molar-refractivity contribution >= 4 is 29.1 Å². The fourth-order valence-electron chi connectivity index (χ4n) is 1.25. The van der Waals surface area contributed by atoms with Gasteiger partial charge in [0.15, 0.2) is 0 Å². The van der Waals surface area contributed by atoms with Gasteiger partial charge in [0.25, 0.3) is 5.91 Å². The van der Waals surface area contributed by atoms with Crippen LogP contribution in [0.4, 0.5) is 0 Å². The summed E-state index contributed by atoms with van der Waals surface area (Å²) >= 11 is 11.9. The van der Waals surface area contributed by atoms with Crippen molar-refractivity contribution in [3.63, 3.8) is 0 Å². The predicted molar refractivity (Wildman–Crippen MR) is 73.0 cm³/mol. The Hall–Kier alpha value is -0.730. The zero-order chi connectivity index (χ0) is 13.2. The molecule has 1 unspecified atom stereocenters. The van der Waals surface area contributed by atoms with E-state index in [1.54, 1.807) is 18.2 Å². The minimum Gasteiger partial charge on any atom is -0.346 e. The highest BCUT2D eigenvalue weighted by Crippen LogP contribution is 2.19. The van der Waals surface area contributed by atoms with Crippen LogP contribution in [0.5, 0.6) is 0 Å². The van der Waals surface area contributed by atoms with Crippen LogP contribution in [0.15, 0.2) is 18.2 Å². The lowest BCUT2D eigenvalue weighted by Crippen LogP contribution is -2.49. The van der Waals surface area contributed by atoms with Crippen LogP contribution in [0.1, 0.15) is 36.7 Å². The van der Waals surface area contributed by atoms with Gasteiger partial charge in [-0.25, -0.2) is 0 Å². The Kier molecular flexibility index (Phi) is 4.45. The summed E-state index contributed by atoms with van der Waals surface area (Å²) in [6.07, 6.45) is 0. The Balaban J connectivity index is 2.87. The molecule has 1 atom stereocenters. The Bertz CT molecular complexity index is 427. The minimum absolute atomic E-state index is 0.137. The Morgan fingerprint density at radius 2 is 2.00 bits per heavy atom. The van der Waals surface area contributed by atoms with Crippen molar-refractivity contribution in [1.29, 1.82) is 0 Å². The van der Waals surface area contributed by atoms with Gasteiger partial charge in [0.2, 0.25) is 0 Å². The van der Waals surface area contributed by atoms with Gasteiger partial charge in [-0.05, 0) is 51.5 Å². The number of nitrogens with one attached hydrogen (secondary N) is 1. The van der Waals surface area contributed by atoms with E-state index >= 15 is 0 Å². The van der Waals surface area contributed by atoms with Crippen molar-refractivity contribution in [1.82, 2.24) is 5.32 Å². The summed E-state index contributed by atoms with van der Waals surface area (Å²) in [5.41, 5.74) is 1.03. The maximum atomic E-state index is 12.0. The van der Waals surface area contributed by atoms with Crippen molar-refractivity contribution in [2.24, 2.45) is 0 Å². The van der Waals surface area contributed by atoms with Crippen molar-refractivity contribution < 1.29 is 4.79 Å². The number of benzene rings is 1.